The third kappa shape index (κ3) is 3.26. The van der Waals surface area contributed by atoms with Gasteiger partial charge in [-0.05, 0) is 17.9 Å². The average molecular weight is 262 g/mol. The summed E-state index contributed by atoms with van der Waals surface area (Å²) in [6, 6.07) is 10.5. The summed E-state index contributed by atoms with van der Waals surface area (Å²) < 4.78 is 4.97. The molecule has 4 heteroatoms. The number of rotatable bonds is 5. The molecule has 1 N–H and O–H groups in total. The minimum absolute atomic E-state index is 0.0306. The smallest absolute Gasteiger partial charge is 0.317 e. The predicted octanol–water partition coefficient (Wildman–Crippen LogP) is 2.43. The van der Waals surface area contributed by atoms with E-state index < -0.39 is 0 Å². The van der Waals surface area contributed by atoms with Crippen molar-refractivity contribution in [3.05, 3.63) is 35.9 Å². The molecule has 0 aromatic heterocycles. The van der Waals surface area contributed by atoms with Crippen molar-refractivity contribution in [1.29, 1.82) is 0 Å². The van der Waals surface area contributed by atoms with Crippen LogP contribution in [0.15, 0.2) is 30.3 Å². The highest BCUT2D eigenvalue weighted by molar-refractivity contribution is 5.75. The van der Waals surface area contributed by atoms with Gasteiger partial charge in [0.05, 0.1) is 6.04 Å². The van der Waals surface area contributed by atoms with E-state index in [4.69, 9.17) is 4.74 Å². The highest BCUT2D eigenvalue weighted by Gasteiger charge is 2.39. The molecule has 2 rings (SSSR count). The van der Waals surface area contributed by atoms with Crippen LogP contribution in [-0.2, 0) is 4.74 Å². The van der Waals surface area contributed by atoms with Crippen LogP contribution in [0.4, 0.5) is 4.79 Å². The van der Waals surface area contributed by atoms with E-state index in [1.807, 2.05) is 23.1 Å². The number of amides is 2. The van der Waals surface area contributed by atoms with Crippen LogP contribution in [0, 0.1) is 5.92 Å². The summed E-state index contributed by atoms with van der Waals surface area (Å²) in [6.07, 6.45) is 0.849. The minimum atomic E-state index is 0.0306. The SMILES string of the molecule is COCCCNC(=O)N1C[C@H](C)[C@@H]1c1ccccc1. The summed E-state index contributed by atoms with van der Waals surface area (Å²) in [7, 11) is 1.67. The van der Waals surface area contributed by atoms with E-state index in [1.54, 1.807) is 7.11 Å². The molecule has 1 aliphatic heterocycles. The van der Waals surface area contributed by atoms with Crippen molar-refractivity contribution in [3.63, 3.8) is 0 Å². The standard InChI is InChI=1S/C15H22N2O2/c1-12-11-17(15(18)16-9-6-10-19-2)14(12)13-7-4-3-5-8-13/h3-5,7-8,12,14H,6,9-11H2,1-2H3,(H,16,18)/t12-,14+/m0/s1. The maximum atomic E-state index is 12.1. The summed E-state index contributed by atoms with van der Waals surface area (Å²) in [5.74, 6) is 0.520. The van der Waals surface area contributed by atoms with Gasteiger partial charge < -0.3 is 15.0 Å². The summed E-state index contributed by atoms with van der Waals surface area (Å²) >= 11 is 0. The van der Waals surface area contributed by atoms with Crippen molar-refractivity contribution in [1.82, 2.24) is 10.2 Å². The Morgan fingerprint density at radius 2 is 2.16 bits per heavy atom. The van der Waals surface area contributed by atoms with E-state index in [-0.39, 0.29) is 12.1 Å². The summed E-state index contributed by atoms with van der Waals surface area (Å²) in [5, 5.41) is 2.95. The lowest BCUT2D eigenvalue weighted by Crippen LogP contribution is -2.55. The van der Waals surface area contributed by atoms with E-state index in [0.717, 1.165) is 13.0 Å². The van der Waals surface area contributed by atoms with Crippen LogP contribution in [-0.4, -0.2) is 37.7 Å². The third-order valence-corrected chi connectivity index (χ3v) is 3.56. The van der Waals surface area contributed by atoms with Gasteiger partial charge in [-0.25, -0.2) is 4.79 Å². The summed E-state index contributed by atoms with van der Waals surface area (Å²) in [6.45, 7) is 4.36. The first-order valence-electron chi connectivity index (χ1n) is 6.82. The van der Waals surface area contributed by atoms with Crippen molar-refractivity contribution in [2.45, 2.75) is 19.4 Å². The topological polar surface area (TPSA) is 41.6 Å². The fourth-order valence-corrected chi connectivity index (χ4v) is 2.57. The second-order valence-electron chi connectivity index (χ2n) is 5.06. The van der Waals surface area contributed by atoms with Gasteiger partial charge in [0.25, 0.3) is 0 Å². The number of urea groups is 1. The largest absolute Gasteiger partial charge is 0.385 e. The lowest BCUT2D eigenvalue weighted by atomic mass is 9.85. The zero-order valence-electron chi connectivity index (χ0n) is 11.6. The second-order valence-corrected chi connectivity index (χ2v) is 5.06. The van der Waals surface area contributed by atoms with Gasteiger partial charge in [0.2, 0.25) is 0 Å². The molecule has 2 amide bonds. The molecule has 1 saturated heterocycles. The molecule has 0 saturated carbocycles. The Balaban J connectivity index is 1.88. The maximum absolute atomic E-state index is 12.1. The van der Waals surface area contributed by atoms with E-state index in [1.165, 1.54) is 5.56 Å². The van der Waals surface area contributed by atoms with Crippen LogP contribution in [0.3, 0.4) is 0 Å². The Morgan fingerprint density at radius 1 is 1.42 bits per heavy atom. The number of carbonyl (C=O) groups excluding carboxylic acids is 1. The molecule has 19 heavy (non-hydrogen) atoms. The number of nitrogens with one attached hydrogen (secondary N) is 1. The Hall–Kier alpha value is -1.55. The van der Waals surface area contributed by atoms with E-state index >= 15 is 0 Å². The lowest BCUT2D eigenvalue weighted by Gasteiger charge is -2.46. The molecule has 0 unspecified atom stereocenters. The molecule has 1 aliphatic rings. The van der Waals surface area contributed by atoms with Crippen LogP contribution >= 0.6 is 0 Å². The van der Waals surface area contributed by atoms with Crippen LogP contribution in [0.5, 0.6) is 0 Å². The first-order valence-corrected chi connectivity index (χ1v) is 6.82. The van der Waals surface area contributed by atoms with Crippen molar-refractivity contribution >= 4 is 6.03 Å². The van der Waals surface area contributed by atoms with Gasteiger partial charge >= 0.3 is 6.03 Å². The average Bonchev–Trinajstić information content (AvgIpc) is 2.42. The van der Waals surface area contributed by atoms with Crippen LogP contribution in [0.25, 0.3) is 0 Å². The molecule has 0 radical (unpaired) electrons. The highest BCUT2D eigenvalue weighted by Crippen LogP contribution is 2.38. The molecule has 0 spiro atoms. The maximum Gasteiger partial charge on any atom is 0.317 e. The fraction of sp³-hybridized carbons (Fsp3) is 0.533. The molecule has 1 heterocycles. The number of carbonyl (C=O) groups is 1. The number of hydrogen-bond acceptors (Lipinski definition) is 2. The van der Waals surface area contributed by atoms with Crippen molar-refractivity contribution in [2.24, 2.45) is 5.92 Å². The molecule has 104 valence electrons. The molecule has 4 nitrogen and oxygen atoms in total. The minimum Gasteiger partial charge on any atom is -0.385 e. The van der Waals surface area contributed by atoms with Crippen LogP contribution < -0.4 is 5.32 Å². The van der Waals surface area contributed by atoms with Gasteiger partial charge in [-0.1, -0.05) is 37.3 Å². The molecule has 0 bridgehead atoms. The van der Waals surface area contributed by atoms with Crippen LogP contribution in [0.1, 0.15) is 24.9 Å². The Morgan fingerprint density at radius 3 is 2.79 bits per heavy atom. The third-order valence-electron chi connectivity index (χ3n) is 3.56. The molecular formula is C15H22N2O2. The fourth-order valence-electron chi connectivity index (χ4n) is 2.57. The number of likely N-dealkylation sites (tertiary alicyclic amines) is 1. The summed E-state index contributed by atoms with van der Waals surface area (Å²) in [5.41, 5.74) is 1.22. The van der Waals surface area contributed by atoms with Gasteiger partial charge in [-0.2, -0.15) is 0 Å². The van der Waals surface area contributed by atoms with E-state index in [0.29, 0.717) is 19.1 Å². The van der Waals surface area contributed by atoms with Gasteiger partial charge in [0, 0.05) is 26.8 Å². The quantitative estimate of drug-likeness (QED) is 0.828. The first kappa shape index (κ1) is 13.9. The zero-order chi connectivity index (χ0) is 13.7. The number of nitrogens with zero attached hydrogens (tertiary/aromatic N) is 1. The number of benzene rings is 1. The highest BCUT2D eigenvalue weighted by atomic mass is 16.5. The van der Waals surface area contributed by atoms with E-state index in [9.17, 15) is 4.79 Å². The second kappa shape index (κ2) is 6.57. The molecule has 1 aromatic rings. The van der Waals surface area contributed by atoms with E-state index in [2.05, 4.69) is 24.4 Å². The molecule has 0 aliphatic carbocycles. The number of ether oxygens (including phenoxy) is 1. The van der Waals surface area contributed by atoms with Gasteiger partial charge in [0.1, 0.15) is 0 Å². The van der Waals surface area contributed by atoms with Gasteiger partial charge in [0.15, 0.2) is 0 Å². The lowest BCUT2D eigenvalue weighted by molar-refractivity contribution is 0.0590. The first-order chi connectivity index (χ1) is 9.24. The Kier molecular flexibility index (Phi) is 4.80. The zero-order valence-corrected chi connectivity index (χ0v) is 11.6. The molecule has 1 aromatic carbocycles. The monoisotopic (exact) mass is 262 g/mol. The Labute approximate surface area is 114 Å². The van der Waals surface area contributed by atoms with Crippen molar-refractivity contribution < 1.29 is 9.53 Å². The Bertz CT molecular complexity index is 408. The van der Waals surface area contributed by atoms with Gasteiger partial charge in [-0.15, -0.1) is 0 Å². The molecular weight excluding hydrogens is 240 g/mol. The predicted molar refractivity (Wildman–Crippen MR) is 74.9 cm³/mol. The normalized spacial score (nSPS) is 21.9. The summed E-state index contributed by atoms with van der Waals surface area (Å²) in [4.78, 5) is 14.0. The van der Waals surface area contributed by atoms with Crippen LogP contribution in [0.2, 0.25) is 0 Å². The number of hydrogen-bond donors (Lipinski definition) is 1. The van der Waals surface area contributed by atoms with Gasteiger partial charge in [-0.3, -0.25) is 0 Å². The van der Waals surface area contributed by atoms with Crippen molar-refractivity contribution in [3.8, 4) is 0 Å². The number of methoxy groups -OCH3 is 1. The van der Waals surface area contributed by atoms with Crippen molar-refractivity contribution in [2.75, 3.05) is 26.8 Å². The molecule has 1 fully saturated rings. The molecule has 2 atom stereocenters.